The van der Waals surface area contributed by atoms with Crippen molar-refractivity contribution < 1.29 is 18.0 Å². The largest absolute Gasteiger partial charge is 0.416 e. The van der Waals surface area contributed by atoms with E-state index in [9.17, 15) is 18.0 Å². The van der Waals surface area contributed by atoms with Crippen LogP contribution in [0.5, 0.6) is 0 Å². The molecule has 1 heterocycles. The van der Waals surface area contributed by atoms with Gasteiger partial charge in [-0.3, -0.25) is 9.78 Å². The lowest BCUT2D eigenvalue weighted by molar-refractivity contribution is -0.137. The van der Waals surface area contributed by atoms with E-state index >= 15 is 0 Å². The maximum absolute atomic E-state index is 12.5. The fourth-order valence-corrected chi connectivity index (χ4v) is 1.85. The molecule has 0 aliphatic heterocycles. The van der Waals surface area contributed by atoms with Gasteiger partial charge in [-0.1, -0.05) is 18.2 Å². The number of hydrogen-bond donors (Lipinski definition) is 1. The van der Waals surface area contributed by atoms with Crippen molar-refractivity contribution in [3.63, 3.8) is 0 Å². The normalized spacial score (nSPS) is 11.7. The summed E-state index contributed by atoms with van der Waals surface area (Å²) in [5, 5.41) is 11.6. The summed E-state index contributed by atoms with van der Waals surface area (Å²) in [5.41, 5.74) is -0.0475. The number of halogens is 3. The Morgan fingerprint density at radius 1 is 1.21 bits per heavy atom. The molecule has 7 heteroatoms. The van der Waals surface area contributed by atoms with Crippen molar-refractivity contribution >= 4 is 12.0 Å². The molecule has 2 rings (SSSR count). The van der Waals surface area contributed by atoms with E-state index in [-0.39, 0.29) is 12.1 Å². The highest BCUT2D eigenvalue weighted by Crippen LogP contribution is 2.29. The molecular formula is C17H12F3N3O. The van der Waals surface area contributed by atoms with Gasteiger partial charge in [0, 0.05) is 6.20 Å². The van der Waals surface area contributed by atoms with Gasteiger partial charge in [0.05, 0.1) is 17.8 Å². The zero-order valence-corrected chi connectivity index (χ0v) is 12.3. The highest BCUT2D eigenvalue weighted by molar-refractivity contribution is 6.01. The van der Waals surface area contributed by atoms with E-state index in [2.05, 4.69) is 10.3 Å². The number of nitrogens with zero attached hydrogens (tertiary/aromatic N) is 2. The second kappa shape index (κ2) is 7.42. The van der Waals surface area contributed by atoms with Crippen LogP contribution in [0.2, 0.25) is 0 Å². The van der Waals surface area contributed by atoms with Gasteiger partial charge in [0.2, 0.25) is 0 Å². The first-order valence-electron chi connectivity index (χ1n) is 6.87. The molecule has 1 aromatic carbocycles. The lowest BCUT2D eigenvalue weighted by atomic mass is 10.1. The molecule has 24 heavy (non-hydrogen) atoms. The van der Waals surface area contributed by atoms with Gasteiger partial charge in [0.25, 0.3) is 5.91 Å². The number of benzene rings is 1. The van der Waals surface area contributed by atoms with Crippen LogP contribution in [-0.4, -0.2) is 10.9 Å². The summed E-state index contributed by atoms with van der Waals surface area (Å²) in [6.45, 7) is 0.145. The van der Waals surface area contributed by atoms with Gasteiger partial charge in [-0.15, -0.1) is 0 Å². The van der Waals surface area contributed by atoms with Crippen LogP contribution in [0, 0.1) is 11.3 Å². The summed E-state index contributed by atoms with van der Waals surface area (Å²) >= 11 is 0. The lowest BCUT2D eigenvalue weighted by Crippen LogP contribution is -2.24. The third kappa shape index (κ3) is 4.68. The van der Waals surface area contributed by atoms with Crippen molar-refractivity contribution in [1.82, 2.24) is 10.3 Å². The first kappa shape index (κ1) is 17.2. The minimum Gasteiger partial charge on any atom is -0.346 e. The van der Waals surface area contributed by atoms with Crippen LogP contribution < -0.4 is 5.32 Å². The Hall–Kier alpha value is -3.14. The highest BCUT2D eigenvalue weighted by Gasteiger charge is 2.29. The summed E-state index contributed by atoms with van der Waals surface area (Å²) in [5.74, 6) is -0.622. The van der Waals surface area contributed by atoms with E-state index < -0.39 is 17.6 Å². The Bertz CT molecular complexity index is 775. The Labute approximate surface area is 136 Å². The molecular weight excluding hydrogens is 319 g/mol. The van der Waals surface area contributed by atoms with E-state index in [1.165, 1.54) is 18.2 Å². The molecule has 122 valence electrons. The summed E-state index contributed by atoms with van der Waals surface area (Å²) in [4.78, 5) is 16.0. The van der Waals surface area contributed by atoms with Gasteiger partial charge in [-0.2, -0.15) is 18.4 Å². The first-order chi connectivity index (χ1) is 11.4. The SMILES string of the molecule is N#C/C(=C\c1ccc(C(F)(F)F)cc1)C(=O)NCc1ccccn1. The van der Waals surface area contributed by atoms with Gasteiger partial charge >= 0.3 is 6.18 Å². The van der Waals surface area contributed by atoms with Gasteiger partial charge in [-0.25, -0.2) is 0 Å². The van der Waals surface area contributed by atoms with Crippen molar-refractivity contribution in [3.8, 4) is 6.07 Å². The Morgan fingerprint density at radius 3 is 2.46 bits per heavy atom. The molecule has 0 bridgehead atoms. The van der Waals surface area contributed by atoms with Crippen molar-refractivity contribution in [2.45, 2.75) is 12.7 Å². The molecule has 1 amide bonds. The number of nitriles is 1. The number of amides is 1. The average Bonchev–Trinajstić information content (AvgIpc) is 2.58. The number of rotatable bonds is 4. The topological polar surface area (TPSA) is 65.8 Å². The predicted molar refractivity (Wildman–Crippen MR) is 81.1 cm³/mol. The number of aromatic nitrogens is 1. The molecule has 1 N–H and O–H groups in total. The second-order valence-electron chi connectivity index (χ2n) is 4.79. The standard InChI is InChI=1S/C17H12F3N3O/c18-17(19,20)14-6-4-12(5-7-14)9-13(10-21)16(24)23-11-15-3-1-2-8-22-15/h1-9H,11H2,(H,23,24)/b13-9+. The van der Waals surface area contributed by atoms with Gasteiger partial charge in [0.15, 0.2) is 0 Å². The van der Waals surface area contributed by atoms with Crippen LogP contribution in [0.4, 0.5) is 13.2 Å². The fourth-order valence-electron chi connectivity index (χ4n) is 1.85. The minimum atomic E-state index is -4.43. The van der Waals surface area contributed by atoms with Crippen LogP contribution in [-0.2, 0) is 17.5 Å². The molecule has 0 unspecified atom stereocenters. The van der Waals surface area contributed by atoms with E-state index in [1.54, 1.807) is 30.5 Å². The van der Waals surface area contributed by atoms with Crippen LogP contribution >= 0.6 is 0 Å². The number of nitrogens with one attached hydrogen (secondary N) is 1. The summed E-state index contributed by atoms with van der Waals surface area (Å²) in [6.07, 6.45) is -1.63. The summed E-state index contributed by atoms with van der Waals surface area (Å²) in [6, 6.07) is 11.1. The van der Waals surface area contributed by atoms with Gasteiger partial charge in [0.1, 0.15) is 11.6 Å². The molecule has 0 atom stereocenters. The fraction of sp³-hybridized carbons (Fsp3) is 0.118. The van der Waals surface area contributed by atoms with Crippen LogP contribution in [0.3, 0.4) is 0 Å². The monoisotopic (exact) mass is 331 g/mol. The third-order valence-corrected chi connectivity index (χ3v) is 3.07. The molecule has 0 saturated heterocycles. The molecule has 1 aromatic heterocycles. The lowest BCUT2D eigenvalue weighted by Gasteiger charge is -2.06. The van der Waals surface area contributed by atoms with Crippen molar-refractivity contribution in [2.75, 3.05) is 0 Å². The van der Waals surface area contributed by atoms with E-state index in [0.717, 1.165) is 12.1 Å². The zero-order valence-electron chi connectivity index (χ0n) is 12.3. The minimum absolute atomic E-state index is 0.145. The van der Waals surface area contributed by atoms with E-state index in [1.807, 2.05) is 0 Å². The second-order valence-corrected chi connectivity index (χ2v) is 4.79. The van der Waals surface area contributed by atoms with E-state index in [0.29, 0.717) is 11.3 Å². The Balaban J connectivity index is 2.08. The van der Waals surface area contributed by atoms with Crippen molar-refractivity contribution in [1.29, 1.82) is 5.26 Å². The number of pyridine rings is 1. The van der Waals surface area contributed by atoms with Gasteiger partial charge < -0.3 is 5.32 Å². The Kier molecular flexibility index (Phi) is 5.32. The molecule has 0 aliphatic carbocycles. The van der Waals surface area contributed by atoms with Crippen LogP contribution in [0.25, 0.3) is 6.08 Å². The zero-order chi connectivity index (χ0) is 17.6. The quantitative estimate of drug-likeness (QED) is 0.690. The third-order valence-electron chi connectivity index (χ3n) is 3.07. The number of alkyl halides is 3. The summed E-state index contributed by atoms with van der Waals surface area (Å²) in [7, 11) is 0. The molecule has 0 saturated carbocycles. The molecule has 0 aliphatic rings. The summed E-state index contributed by atoms with van der Waals surface area (Å²) < 4.78 is 37.5. The Morgan fingerprint density at radius 2 is 1.92 bits per heavy atom. The van der Waals surface area contributed by atoms with Crippen LogP contribution in [0.1, 0.15) is 16.8 Å². The molecule has 0 radical (unpaired) electrons. The molecule has 0 fully saturated rings. The number of carbonyl (C=O) groups excluding carboxylic acids is 1. The van der Waals surface area contributed by atoms with Crippen LogP contribution in [0.15, 0.2) is 54.2 Å². The first-order valence-corrected chi connectivity index (χ1v) is 6.87. The average molecular weight is 331 g/mol. The van der Waals surface area contributed by atoms with Gasteiger partial charge in [-0.05, 0) is 35.9 Å². The van der Waals surface area contributed by atoms with E-state index in [4.69, 9.17) is 5.26 Å². The highest BCUT2D eigenvalue weighted by atomic mass is 19.4. The molecule has 0 spiro atoms. The maximum atomic E-state index is 12.5. The smallest absolute Gasteiger partial charge is 0.346 e. The maximum Gasteiger partial charge on any atom is 0.416 e. The molecule has 4 nitrogen and oxygen atoms in total. The number of carbonyl (C=O) groups is 1. The van der Waals surface area contributed by atoms with Crippen molar-refractivity contribution in [3.05, 3.63) is 71.1 Å². The number of hydrogen-bond acceptors (Lipinski definition) is 3. The predicted octanol–water partition coefficient (Wildman–Crippen LogP) is 3.32. The molecule has 2 aromatic rings. The van der Waals surface area contributed by atoms with Crippen molar-refractivity contribution in [2.24, 2.45) is 0 Å².